The zero-order chi connectivity index (χ0) is 12.7. The fourth-order valence-corrected chi connectivity index (χ4v) is 2.25. The van der Waals surface area contributed by atoms with Gasteiger partial charge in [-0.3, -0.25) is 19.6 Å². The van der Waals surface area contributed by atoms with Gasteiger partial charge in [0.2, 0.25) is 0 Å². The number of primary amides is 1. The average molecular weight is 243 g/mol. The molecule has 0 spiro atoms. The minimum Gasteiger partial charge on any atom is -0.351 e. The number of aromatic nitrogens is 2. The molecule has 0 aliphatic carbocycles. The molecule has 1 aliphatic rings. The van der Waals surface area contributed by atoms with E-state index in [1.165, 1.54) is 4.90 Å². The van der Waals surface area contributed by atoms with E-state index in [1.807, 2.05) is 41.1 Å². The summed E-state index contributed by atoms with van der Waals surface area (Å²) in [6.45, 7) is 0.436. The second kappa shape index (κ2) is 3.76. The molecule has 0 aromatic carbocycles. The lowest BCUT2D eigenvalue weighted by atomic mass is 10.3. The van der Waals surface area contributed by atoms with Crippen molar-refractivity contribution < 1.29 is 4.79 Å². The molecule has 3 heterocycles. The average Bonchev–Trinajstić information content (AvgIpc) is 2.79. The second-order valence-electron chi connectivity index (χ2n) is 4.16. The Hall–Kier alpha value is -2.50. The Balaban J connectivity index is 2.23. The SMILES string of the molecule is CN1c2ccncc2N(C(N)=O)Cc2cccn21. The Labute approximate surface area is 104 Å². The van der Waals surface area contributed by atoms with Gasteiger partial charge in [0, 0.05) is 19.4 Å². The summed E-state index contributed by atoms with van der Waals surface area (Å²) < 4.78 is 1.99. The molecule has 2 aromatic rings. The van der Waals surface area contributed by atoms with Gasteiger partial charge in [0.25, 0.3) is 0 Å². The summed E-state index contributed by atoms with van der Waals surface area (Å²) in [4.78, 5) is 17.2. The molecule has 92 valence electrons. The van der Waals surface area contributed by atoms with Crippen LogP contribution in [0.15, 0.2) is 36.8 Å². The second-order valence-corrected chi connectivity index (χ2v) is 4.16. The van der Waals surface area contributed by atoms with Crippen LogP contribution in [0.2, 0.25) is 0 Å². The third-order valence-corrected chi connectivity index (χ3v) is 3.14. The van der Waals surface area contributed by atoms with Crippen LogP contribution in [-0.4, -0.2) is 22.7 Å². The van der Waals surface area contributed by atoms with E-state index in [9.17, 15) is 4.79 Å². The van der Waals surface area contributed by atoms with E-state index >= 15 is 0 Å². The van der Waals surface area contributed by atoms with E-state index in [4.69, 9.17) is 5.73 Å². The molecule has 0 atom stereocenters. The van der Waals surface area contributed by atoms with Gasteiger partial charge in [-0.2, -0.15) is 0 Å². The molecule has 2 aromatic heterocycles. The van der Waals surface area contributed by atoms with Crippen molar-refractivity contribution in [2.45, 2.75) is 6.54 Å². The first-order valence-corrected chi connectivity index (χ1v) is 5.59. The lowest BCUT2D eigenvalue weighted by molar-refractivity contribution is 0.253. The van der Waals surface area contributed by atoms with E-state index < -0.39 is 6.03 Å². The number of amides is 2. The highest BCUT2D eigenvalue weighted by Crippen LogP contribution is 2.32. The molecule has 0 fully saturated rings. The molecule has 0 bridgehead atoms. The summed E-state index contributed by atoms with van der Waals surface area (Å²) in [6, 6.07) is 5.29. The van der Waals surface area contributed by atoms with Crippen LogP contribution in [0.25, 0.3) is 0 Å². The monoisotopic (exact) mass is 243 g/mol. The minimum absolute atomic E-state index is 0.436. The maximum atomic E-state index is 11.6. The van der Waals surface area contributed by atoms with E-state index in [0.29, 0.717) is 6.54 Å². The topological polar surface area (TPSA) is 67.4 Å². The van der Waals surface area contributed by atoms with Gasteiger partial charge >= 0.3 is 6.03 Å². The van der Waals surface area contributed by atoms with Gasteiger partial charge < -0.3 is 5.73 Å². The number of hydrogen-bond acceptors (Lipinski definition) is 3. The zero-order valence-electron chi connectivity index (χ0n) is 9.95. The van der Waals surface area contributed by atoms with Crippen LogP contribution in [0, 0.1) is 0 Å². The van der Waals surface area contributed by atoms with Gasteiger partial charge in [0.1, 0.15) is 0 Å². The maximum Gasteiger partial charge on any atom is 0.319 e. The Morgan fingerprint density at radius 1 is 1.39 bits per heavy atom. The van der Waals surface area contributed by atoms with Crippen LogP contribution < -0.4 is 15.6 Å². The Morgan fingerprint density at radius 2 is 2.22 bits per heavy atom. The predicted molar refractivity (Wildman–Crippen MR) is 68.2 cm³/mol. The molecule has 0 saturated carbocycles. The summed E-state index contributed by atoms with van der Waals surface area (Å²) in [7, 11) is 1.94. The molecule has 3 rings (SSSR count). The largest absolute Gasteiger partial charge is 0.351 e. The fraction of sp³-hybridized carbons (Fsp3) is 0.167. The van der Waals surface area contributed by atoms with Crippen LogP contribution in [0.1, 0.15) is 5.69 Å². The van der Waals surface area contributed by atoms with E-state index in [-0.39, 0.29) is 0 Å². The van der Waals surface area contributed by atoms with Crippen molar-refractivity contribution in [1.29, 1.82) is 0 Å². The van der Waals surface area contributed by atoms with Gasteiger partial charge in [-0.15, -0.1) is 0 Å². The maximum absolute atomic E-state index is 11.6. The van der Waals surface area contributed by atoms with E-state index in [0.717, 1.165) is 17.1 Å². The number of rotatable bonds is 0. The van der Waals surface area contributed by atoms with Crippen LogP contribution in [0.3, 0.4) is 0 Å². The normalized spacial score (nSPS) is 13.8. The molecular formula is C12H13N5O. The zero-order valence-corrected chi connectivity index (χ0v) is 9.95. The van der Waals surface area contributed by atoms with E-state index in [2.05, 4.69) is 4.98 Å². The highest BCUT2D eigenvalue weighted by molar-refractivity contribution is 5.94. The van der Waals surface area contributed by atoms with Gasteiger partial charge in [-0.05, 0) is 18.2 Å². The van der Waals surface area contributed by atoms with Crippen molar-refractivity contribution in [3.63, 3.8) is 0 Å². The third-order valence-electron chi connectivity index (χ3n) is 3.14. The summed E-state index contributed by atoms with van der Waals surface area (Å²) in [5, 5.41) is 1.97. The van der Waals surface area contributed by atoms with Crippen LogP contribution in [0.5, 0.6) is 0 Å². The number of anilines is 2. The number of hydrogen-bond donors (Lipinski definition) is 1. The first kappa shape index (κ1) is 10.6. The first-order chi connectivity index (χ1) is 8.68. The predicted octanol–water partition coefficient (Wildman–Crippen LogP) is 1.18. The highest BCUT2D eigenvalue weighted by atomic mass is 16.2. The summed E-state index contributed by atoms with van der Waals surface area (Å²) in [5.41, 5.74) is 8.05. The molecular weight excluding hydrogens is 230 g/mol. The van der Waals surface area contributed by atoms with Crippen molar-refractivity contribution in [3.05, 3.63) is 42.5 Å². The number of fused-ring (bicyclic) bond motifs is 2. The fourth-order valence-electron chi connectivity index (χ4n) is 2.25. The molecule has 0 radical (unpaired) electrons. The number of carbonyl (C=O) groups is 1. The smallest absolute Gasteiger partial charge is 0.319 e. The molecule has 6 nitrogen and oxygen atoms in total. The Morgan fingerprint density at radius 3 is 3.00 bits per heavy atom. The van der Waals surface area contributed by atoms with E-state index in [1.54, 1.807) is 12.4 Å². The van der Waals surface area contributed by atoms with Crippen molar-refractivity contribution in [2.24, 2.45) is 5.73 Å². The summed E-state index contributed by atoms with van der Waals surface area (Å²) >= 11 is 0. The Bertz CT molecular complexity index is 606. The molecule has 2 N–H and O–H groups in total. The lowest BCUT2D eigenvalue weighted by Crippen LogP contribution is -2.35. The molecule has 1 aliphatic heterocycles. The number of urea groups is 1. The Kier molecular flexibility index (Phi) is 2.22. The number of carbonyl (C=O) groups excluding carboxylic acids is 1. The van der Waals surface area contributed by atoms with Crippen LogP contribution in [-0.2, 0) is 6.54 Å². The van der Waals surface area contributed by atoms with Crippen molar-refractivity contribution in [3.8, 4) is 0 Å². The molecule has 6 heteroatoms. The van der Waals surface area contributed by atoms with Crippen LogP contribution >= 0.6 is 0 Å². The summed E-state index contributed by atoms with van der Waals surface area (Å²) in [5.74, 6) is 0. The summed E-state index contributed by atoms with van der Waals surface area (Å²) in [6.07, 6.45) is 5.30. The highest BCUT2D eigenvalue weighted by Gasteiger charge is 2.24. The van der Waals surface area contributed by atoms with Crippen molar-refractivity contribution >= 4 is 17.4 Å². The van der Waals surface area contributed by atoms with Crippen molar-refractivity contribution in [2.75, 3.05) is 17.0 Å². The van der Waals surface area contributed by atoms with Gasteiger partial charge in [0.05, 0.1) is 29.8 Å². The van der Waals surface area contributed by atoms with Crippen LogP contribution in [0.4, 0.5) is 16.2 Å². The lowest BCUT2D eigenvalue weighted by Gasteiger charge is -2.23. The molecule has 0 saturated heterocycles. The van der Waals surface area contributed by atoms with Crippen molar-refractivity contribution in [1.82, 2.24) is 9.66 Å². The van der Waals surface area contributed by atoms with Gasteiger partial charge in [0.15, 0.2) is 0 Å². The molecule has 18 heavy (non-hydrogen) atoms. The van der Waals surface area contributed by atoms with Gasteiger partial charge in [-0.25, -0.2) is 4.79 Å². The first-order valence-electron chi connectivity index (χ1n) is 5.59. The standard InChI is InChI=1S/C12H13N5O/c1-15-10-4-5-14-7-11(10)16(12(13)18)8-9-3-2-6-17(9)15/h2-7H,8H2,1H3,(H2,13,18). The number of pyridine rings is 1. The quantitative estimate of drug-likeness (QED) is 0.755. The number of nitrogens with two attached hydrogens (primary N) is 1. The minimum atomic E-state index is -0.479. The van der Waals surface area contributed by atoms with Gasteiger partial charge in [-0.1, -0.05) is 0 Å². The number of nitrogens with zero attached hydrogens (tertiary/aromatic N) is 4. The molecule has 2 amide bonds. The third kappa shape index (κ3) is 1.42. The molecule has 0 unspecified atom stereocenters.